The molecule has 0 N–H and O–H groups in total. The minimum Gasteiger partial charge on any atom is -0.493 e. The summed E-state index contributed by atoms with van der Waals surface area (Å²) in [6.07, 6.45) is -34.2. The fourth-order valence-electron chi connectivity index (χ4n) is 14.3. The number of Topliss-reactive ketones (excluding diaryl/α,β-unsaturated/α-hetero) is 5. The number of ketones is 5. The zero-order valence-electron chi connectivity index (χ0n) is 139. The molecule has 0 aromatic heterocycles. The molecule has 5 aromatic carbocycles. The molecule has 0 spiro atoms. The molecule has 10 aliphatic rings. The molecule has 117 heavy (non-hydrogen) atoms. The van der Waals surface area contributed by atoms with Crippen molar-refractivity contribution in [3.8, 4) is 57.5 Å². The Hall–Kier alpha value is -7.75. The molecular formula is C97H139N5O15. The molecule has 0 bridgehead atoms. The van der Waals surface area contributed by atoms with E-state index in [9.17, 15) is 25.3 Å². The molecule has 5 fully saturated rings. The van der Waals surface area contributed by atoms with E-state index >= 15 is 0 Å². The van der Waals surface area contributed by atoms with Crippen LogP contribution in [0, 0.1) is 59.1 Å². The van der Waals surface area contributed by atoms with Gasteiger partial charge in [0.15, 0.2) is 57.5 Å². The molecule has 0 radical (unpaired) electrons. The Morgan fingerprint density at radius 2 is 0.718 bits per heavy atom. The van der Waals surface area contributed by atoms with Gasteiger partial charge in [0.1, 0.15) is 28.9 Å². The Morgan fingerprint density at radius 1 is 0.385 bits per heavy atom. The molecular weight excluding hydrogens is 1480 g/mol. The molecule has 0 saturated carbocycles. The van der Waals surface area contributed by atoms with E-state index in [0.29, 0.717) is 58.7 Å². The van der Waals surface area contributed by atoms with Crippen LogP contribution < -0.4 is 47.4 Å². The average molecular weight is 1690 g/mol. The first-order chi connectivity index (χ1) is 84.2. The van der Waals surface area contributed by atoms with E-state index < -0.39 is 387 Å². The highest BCUT2D eigenvalue weighted by Crippen LogP contribution is 2.49. The van der Waals surface area contributed by atoms with Gasteiger partial charge in [0, 0.05) is 213 Å². The van der Waals surface area contributed by atoms with Crippen LogP contribution in [0.2, 0.25) is 0 Å². The van der Waals surface area contributed by atoms with Crippen molar-refractivity contribution in [2.75, 3.05) is 136 Å². The first-order valence-electron chi connectivity index (χ1n) is 73.6. The molecule has 5 saturated heterocycles. The van der Waals surface area contributed by atoms with Crippen LogP contribution in [0.15, 0.2) is 60.7 Å². The van der Waals surface area contributed by atoms with Crippen LogP contribution in [0.5, 0.6) is 57.5 Å². The van der Waals surface area contributed by atoms with Crippen LogP contribution in [-0.4, -0.2) is 189 Å². The monoisotopic (exact) mass is 1690 g/mol. The third-order valence-corrected chi connectivity index (χ3v) is 19.9. The van der Waals surface area contributed by atoms with E-state index in [-0.39, 0.29) is 90.3 Å². The highest BCUT2D eigenvalue weighted by molar-refractivity contribution is 5.86. The Morgan fingerprint density at radius 3 is 1.12 bits per heavy atom. The van der Waals surface area contributed by atoms with Crippen molar-refractivity contribution in [2.45, 2.75) is 208 Å². The van der Waals surface area contributed by atoms with Gasteiger partial charge in [-0.15, -0.1) is 0 Å². The lowest BCUT2D eigenvalue weighted by Crippen LogP contribution is -2.46. The first kappa shape index (κ1) is 34.3. The van der Waals surface area contributed by atoms with Crippen LogP contribution in [0.1, 0.15) is 333 Å². The van der Waals surface area contributed by atoms with Gasteiger partial charge in [-0.3, -0.25) is 48.5 Å². The molecule has 12 atom stereocenters. The molecule has 15 rings (SSSR count). The van der Waals surface area contributed by atoms with Gasteiger partial charge in [-0.25, -0.2) is 0 Å². The number of ether oxygens (including phenoxy) is 10. The summed E-state index contributed by atoms with van der Waals surface area (Å²) in [4.78, 5) is 70.7. The first-order valence-corrected chi connectivity index (χ1v) is 36.6. The highest BCUT2D eigenvalue weighted by Gasteiger charge is 2.45. The van der Waals surface area contributed by atoms with Gasteiger partial charge in [-0.2, -0.15) is 0 Å². The summed E-state index contributed by atoms with van der Waals surface area (Å²) in [5.74, 6) is -32.2. The van der Waals surface area contributed by atoms with Gasteiger partial charge in [0.2, 0.25) is 0 Å². The van der Waals surface area contributed by atoms with Gasteiger partial charge in [0.25, 0.3) is 0 Å². The smallest absolute Gasteiger partial charge is 0.161 e. The van der Waals surface area contributed by atoms with Gasteiger partial charge < -0.3 is 47.4 Å². The van der Waals surface area contributed by atoms with E-state index in [2.05, 4.69) is 0 Å². The predicted molar refractivity (Wildman–Crippen MR) is 460 cm³/mol. The minimum absolute atomic E-state index is 0.0527. The zero-order chi connectivity index (χ0) is 148. The highest BCUT2D eigenvalue weighted by atomic mass is 16.5. The minimum atomic E-state index is -4.20. The molecule has 12 unspecified atom stereocenters. The number of piperidine rings is 5. The number of carbonyl (C=O) groups is 5. The van der Waals surface area contributed by atoms with E-state index in [1.165, 1.54) is 6.07 Å². The van der Waals surface area contributed by atoms with Gasteiger partial charge in [-0.05, 0) is 210 Å². The summed E-state index contributed by atoms with van der Waals surface area (Å²) in [7, 11) is -31.0. The second-order valence-corrected chi connectivity index (χ2v) is 29.0. The van der Waals surface area contributed by atoms with Crippen molar-refractivity contribution in [1.29, 1.82) is 0 Å². The number of hydrogen-bond acceptors (Lipinski definition) is 20. The molecule has 20 nitrogen and oxygen atoms in total. The van der Waals surface area contributed by atoms with Gasteiger partial charge >= 0.3 is 0 Å². The maximum Gasteiger partial charge on any atom is 0.161 e. The zero-order valence-corrected chi connectivity index (χ0v) is 64.7. The van der Waals surface area contributed by atoms with E-state index in [1.54, 1.807) is 27.7 Å². The molecule has 10 heterocycles. The van der Waals surface area contributed by atoms with E-state index in [4.69, 9.17) is 147 Å². The van der Waals surface area contributed by atoms with E-state index in [0.717, 1.165) is 46.2 Å². The van der Waals surface area contributed by atoms with Crippen molar-refractivity contribution in [3.63, 3.8) is 0 Å². The predicted octanol–water partition coefficient (Wildman–Crippen LogP) is 17.0. The maximum absolute atomic E-state index is 13.9. The quantitative estimate of drug-likeness (QED) is 0.0634. The van der Waals surface area contributed by atoms with Crippen molar-refractivity contribution >= 4 is 28.9 Å². The SMILES string of the molecule is [2H]C([2H])([2H])Oc1cc2c(cc1OC([2H])([2H])[2H])C([2H])([2H])C([2H])([2H])N1CC(C([2H])([2H])C([2H])(C([2H])([2H])[2H])C([2H])([2H])C)C(=O)CC21[2H].[2H]C([2H])([2H])Oc1cc2c(cc1OC([2H])([2H])[2H])C([2H])([2H])C([2H])([2H])N1CC(CC(C)C)C(=O)CC21[2H].[2H]C([2H])([2H])Oc1cc2c(cc1OC([2H])([2H])[2H])C1([2H])N(CC([2H])(CC(C)C)C(=O)C1([2H])[2H])C([2H])([2H])C2([2H])[2H].[2H]C([2H])([2H])Oc1cc2c(cc1OC([2H])([2H])[2H])C1N(CC2)C([2H])([2H])C([2H])(C([2H])([2H])C([2H])(C([2H])([2H])[2H])C([2H])([2H])C)C(=O)C1([2H])[2H].[2H]C([2H])([2H])Oc1cc2c(cc1OC([2H])([2H])[2H])C1N(CC2)C([2H])([2H])C([2H])(CC(C)C)C(=O)C1([2H])[2H]. The Bertz CT molecular complexity index is 7600. The number of carbonyl (C=O) groups excluding carboxylic acids is 5. The third kappa shape index (κ3) is 21.0. The summed E-state index contributed by atoms with van der Waals surface area (Å²) in [5.41, 5.74) is -2.97. The number of benzene rings is 5. The van der Waals surface area contributed by atoms with Crippen molar-refractivity contribution in [1.82, 2.24) is 24.5 Å². The van der Waals surface area contributed by atoms with Crippen LogP contribution in [0.25, 0.3) is 0 Å². The lowest BCUT2D eigenvalue weighted by molar-refractivity contribution is -0.130. The summed E-state index contributed by atoms with van der Waals surface area (Å²) < 4.78 is 645. The van der Waals surface area contributed by atoms with Crippen LogP contribution in [0.4, 0.5) is 0 Å². The van der Waals surface area contributed by atoms with Crippen molar-refractivity contribution in [2.24, 2.45) is 59.1 Å². The number of fused-ring (bicyclic) bond motifs is 15. The van der Waals surface area contributed by atoms with Crippen LogP contribution in [-0.2, 0) is 55.9 Å². The number of nitrogens with zero attached hydrogens (tertiary/aromatic N) is 5. The number of rotatable bonds is 22. The fraction of sp³-hybridized carbons (Fsp3) is 0.639. The summed E-state index contributed by atoms with van der Waals surface area (Å²) in [6, 6.07) is -2.41. The van der Waals surface area contributed by atoms with Crippen molar-refractivity contribution < 1.29 is 173 Å². The topological polar surface area (TPSA) is 194 Å². The average Bonchev–Trinajstić information content (AvgIpc) is 0.661. The van der Waals surface area contributed by atoms with Crippen LogP contribution in [0.3, 0.4) is 0 Å². The van der Waals surface area contributed by atoms with Gasteiger partial charge in [0.05, 0.1) is 116 Å². The second kappa shape index (κ2) is 41.0. The number of methoxy groups -OCH3 is 10. The van der Waals surface area contributed by atoms with E-state index in [1.807, 2.05) is 13.8 Å². The molecule has 20 heteroatoms. The lowest BCUT2D eigenvalue weighted by Gasteiger charge is -2.43. The third-order valence-electron chi connectivity index (χ3n) is 19.9. The normalized spacial score (nSPS) is 44.7. The molecule has 642 valence electrons. The number of hydrogen-bond donors (Lipinski definition) is 0. The Balaban J connectivity index is 0.000000221. The molecule has 5 aromatic rings. The molecule has 10 aliphatic heterocycles. The lowest BCUT2D eigenvalue weighted by atomic mass is 9.79. The Labute approximate surface area is 803 Å². The Kier molecular flexibility index (Phi) is 12.0. The summed E-state index contributed by atoms with van der Waals surface area (Å²) >= 11 is 0. The van der Waals surface area contributed by atoms with Gasteiger partial charge in [-0.1, -0.05) is 81.8 Å². The largest absolute Gasteiger partial charge is 0.493 e. The second-order valence-electron chi connectivity index (χ2n) is 29.0. The van der Waals surface area contributed by atoms with Crippen LogP contribution >= 0.6 is 0 Å². The summed E-state index contributed by atoms with van der Waals surface area (Å²) in [5, 5.41) is 0. The molecule has 0 aliphatic carbocycles. The summed E-state index contributed by atoms with van der Waals surface area (Å²) in [6.45, 7) is -13.9. The standard InChI is InChI=1S/2C20H29NO3.3C19H27NO3/c2*1-5-13(2)8-15-12-21-7-6-14-9-19(23-3)20(24-4)10-16(14)17(21)11-18(15)22;3*1-12(2)7-14-11-20-6-5-13-8-18(22-3)19(23-4)9-15(13)16(20)10-17(14)21/h2*9-10,13,15,17H,5-8,11-12H2,1-4H3;3*8-9,12,14,16H,5-7,10-11H2,1-4H3/i2D3,3D3,4D3,5D2,8D2,11D2,12D2,13D,15D;2D3,3D3,4D3,5D2,6D2,7D2,8D2,13D,17D;3D3,4D3,5D2,6D2,10D2,14D,16D;3D3,4D3,10D2,11D2,14D;3D3,4D3,5D2,6D2,16D. The maximum atomic E-state index is 13.9. The van der Waals surface area contributed by atoms with Crippen molar-refractivity contribution in [3.05, 3.63) is 116 Å². The number of aryl methyl sites for hydroxylation is 3. The molecule has 0 amide bonds. The fourth-order valence-corrected chi connectivity index (χ4v) is 14.3.